The van der Waals surface area contributed by atoms with E-state index in [9.17, 15) is 4.79 Å². The molecule has 0 saturated heterocycles. The average molecular weight is 358 g/mol. The minimum absolute atomic E-state index is 0. The summed E-state index contributed by atoms with van der Waals surface area (Å²) >= 11 is 0. The fourth-order valence-corrected chi connectivity index (χ4v) is 3.10. The Morgan fingerprint density at radius 1 is 1.00 bits per heavy atom. The highest BCUT2D eigenvalue weighted by molar-refractivity contribution is 5.81. The highest BCUT2D eigenvalue weighted by atomic mass is 35.5. The van der Waals surface area contributed by atoms with Crippen LogP contribution in [0.3, 0.4) is 0 Å². The lowest BCUT2D eigenvalue weighted by Gasteiger charge is -2.15. The summed E-state index contributed by atoms with van der Waals surface area (Å²) in [7, 11) is 0. The van der Waals surface area contributed by atoms with Crippen molar-refractivity contribution in [1.82, 2.24) is 0 Å². The standard InChI is InChI=1S/C21H23NO2.ClH/c1-4-22(5-2)14-16-11-12-19-18(13-16)20(23)15(3)21(24-19)17-9-7-6-8-10-17;/h6-13H,4-5,14H2,1-3H3;1H. The van der Waals surface area contributed by atoms with Crippen LogP contribution in [0, 0.1) is 6.92 Å². The van der Waals surface area contributed by atoms with Crippen molar-refractivity contribution >= 4 is 11.0 Å². The summed E-state index contributed by atoms with van der Waals surface area (Å²) in [4.78, 5) is 14.3. The fourth-order valence-electron chi connectivity index (χ4n) is 3.10. The zero-order valence-electron chi connectivity index (χ0n) is 14.9. The van der Waals surface area contributed by atoms with Crippen LogP contribution in [0.1, 0.15) is 25.0 Å². The number of halogens is 1. The smallest absolute Gasteiger partial charge is 0.196 e. The van der Waals surface area contributed by atoms with Crippen molar-refractivity contribution in [2.24, 2.45) is 0 Å². The SMILES string of the molecule is CC[NH+](CC)Cc1ccc2oc(-c3ccccc3)c(C)c(=O)c2c1.[Cl-]. The molecule has 0 spiro atoms. The van der Waals surface area contributed by atoms with Crippen molar-refractivity contribution in [2.75, 3.05) is 13.1 Å². The number of nitrogens with one attached hydrogen (secondary N) is 1. The average Bonchev–Trinajstić information content (AvgIpc) is 2.63. The van der Waals surface area contributed by atoms with Crippen LogP contribution in [0.15, 0.2) is 57.7 Å². The van der Waals surface area contributed by atoms with Crippen LogP contribution in [-0.2, 0) is 6.54 Å². The molecule has 0 aliphatic heterocycles. The molecule has 3 aromatic rings. The lowest BCUT2D eigenvalue weighted by molar-refractivity contribution is -0.910. The van der Waals surface area contributed by atoms with E-state index in [2.05, 4.69) is 19.9 Å². The molecule has 0 atom stereocenters. The number of hydrogen-bond donors (Lipinski definition) is 1. The van der Waals surface area contributed by atoms with E-state index >= 15 is 0 Å². The van der Waals surface area contributed by atoms with Gasteiger partial charge in [0, 0.05) is 16.7 Å². The fraction of sp³-hybridized carbons (Fsp3) is 0.286. The summed E-state index contributed by atoms with van der Waals surface area (Å²) < 4.78 is 6.07. The maximum absolute atomic E-state index is 12.8. The molecule has 1 N–H and O–H groups in total. The normalized spacial score (nSPS) is 10.9. The maximum atomic E-state index is 12.8. The second-order valence-corrected chi connectivity index (χ2v) is 6.22. The van der Waals surface area contributed by atoms with Gasteiger partial charge in [-0.05, 0) is 39.0 Å². The van der Waals surface area contributed by atoms with Gasteiger partial charge in [0.1, 0.15) is 17.9 Å². The van der Waals surface area contributed by atoms with Crippen molar-refractivity contribution in [3.8, 4) is 11.3 Å². The molecule has 0 aliphatic carbocycles. The van der Waals surface area contributed by atoms with Gasteiger partial charge in [0.2, 0.25) is 0 Å². The second-order valence-electron chi connectivity index (χ2n) is 6.22. The molecule has 3 nitrogen and oxygen atoms in total. The third-order valence-corrected chi connectivity index (χ3v) is 4.67. The van der Waals surface area contributed by atoms with Crippen LogP contribution in [0.25, 0.3) is 22.3 Å². The summed E-state index contributed by atoms with van der Waals surface area (Å²) in [6.45, 7) is 9.30. The Kier molecular flexibility index (Phi) is 6.40. The van der Waals surface area contributed by atoms with Gasteiger partial charge in [-0.2, -0.15) is 0 Å². The molecule has 0 bridgehead atoms. The number of quaternary nitrogens is 1. The zero-order chi connectivity index (χ0) is 17.1. The summed E-state index contributed by atoms with van der Waals surface area (Å²) in [5.41, 5.74) is 3.50. The molecule has 25 heavy (non-hydrogen) atoms. The first-order valence-electron chi connectivity index (χ1n) is 8.59. The Morgan fingerprint density at radius 3 is 2.32 bits per heavy atom. The van der Waals surface area contributed by atoms with E-state index in [1.807, 2.05) is 49.4 Å². The quantitative estimate of drug-likeness (QED) is 0.708. The third-order valence-electron chi connectivity index (χ3n) is 4.67. The minimum atomic E-state index is 0. The summed E-state index contributed by atoms with van der Waals surface area (Å²) in [5.74, 6) is 0.662. The van der Waals surface area contributed by atoms with E-state index in [4.69, 9.17) is 4.42 Å². The molecule has 132 valence electrons. The number of hydrogen-bond acceptors (Lipinski definition) is 2. The molecule has 0 radical (unpaired) electrons. The molecule has 0 unspecified atom stereocenters. The van der Waals surface area contributed by atoms with E-state index in [1.165, 1.54) is 10.5 Å². The molecule has 3 rings (SSSR count). The summed E-state index contributed by atoms with van der Waals surface area (Å²) in [6, 6.07) is 15.8. The van der Waals surface area contributed by atoms with Gasteiger partial charge >= 0.3 is 0 Å². The Labute approximate surface area is 154 Å². The number of fused-ring (bicyclic) bond motifs is 1. The molecule has 0 saturated carbocycles. The van der Waals surface area contributed by atoms with Gasteiger partial charge in [-0.3, -0.25) is 4.79 Å². The van der Waals surface area contributed by atoms with Gasteiger partial charge in [0.05, 0.1) is 18.5 Å². The lowest BCUT2D eigenvalue weighted by atomic mass is 10.0. The van der Waals surface area contributed by atoms with Gasteiger partial charge in [0.15, 0.2) is 5.43 Å². The molecule has 4 heteroatoms. The van der Waals surface area contributed by atoms with Crippen LogP contribution in [0.2, 0.25) is 0 Å². The zero-order valence-corrected chi connectivity index (χ0v) is 15.7. The molecule has 0 amide bonds. The van der Waals surface area contributed by atoms with Gasteiger partial charge in [0.25, 0.3) is 0 Å². The number of benzene rings is 2. The van der Waals surface area contributed by atoms with E-state index in [1.54, 1.807) is 0 Å². The molecular formula is C21H24ClNO2. The van der Waals surface area contributed by atoms with Gasteiger partial charge < -0.3 is 21.7 Å². The molecule has 0 aliphatic rings. The van der Waals surface area contributed by atoms with E-state index in [-0.39, 0.29) is 17.8 Å². The molecule has 1 heterocycles. The monoisotopic (exact) mass is 357 g/mol. The van der Waals surface area contributed by atoms with E-state index in [0.29, 0.717) is 22.3 Å². The molecule has 2 aromatic carbocycles. The van der Waals surface area contributed by atoms with Crippen molar-refractivity contribution < 1.29 is 21.7 Å². The van der Waals surface area contributed by atoms with Crippen LogP contribution >= 0.6 is 0 Å². The molecule has 1 aromatic heterocycles. The maximum Gasteiger partial charge on any atom is 0.196 e. The second kappa shape index (κ2) is 8.32. The first kappa shape index (κ1) is 19.2. The largest absolute Gasteiger partial charge is 1.00 e. The van der Waals surface area contributed by atoms with Crippen LogP contribution < -0.4 is 22.7 Å². The predicted octanol–water partition coefficient (Wildman–Crippen LogP) is 0.197. The van der Waals surface area contributed by atoms with Crippen LogP contribution in [0.4, 0.5) is 0 Å². The van der Waals surface area contributed by atoms with Crippen LogP contribution in [-0.4, -0.2) is 13.1 Å². The van der Waals surface area contributed by atoms with Crippen LogP contribution in [0.5, 0.6) is 0 Å². The van der Waals surface area contributed by atoms with E-state index < -0.39 is 0 Å². The van der Waals surface area contributed by atoms with E-state index in [0.717, 1.165) is 25.2 Å². The third kappa shape index (κ3) is 3.94. The first-order chi connectivity index (χ1) is 11.6. The Balaban J connectivity index is 0.00000225. The van der Waals surface area contributed by atoms with Crippen molar-refractivity contribution in [2.45, 2.75) is 27.3 Å². The van der Waals surface area contributed by atoms with Crippen molar-refractivity contribution in [3.05, 3.63) is 69.9 Å². The topological polar surface area (TPSA) is 34.7 Å². The first-order valence-corrected chi connectivity index (χ1v) is 8.59. The minimum Gasteiger partial charge on any atom is -1.00 e. The number of rotatable bonds is 5. The Morgan fingerprint density at radius 2 is 1.68 bits per heavy atom. The highest BCUT2D eigenvalue weighted by Gasteiger charge is 2.14. The van der Waals surface area contributed by atoms with Gasteiger partial charge in [-0.1, -0.05) is 30.3 Å². The van der Waals surface area contributed by atoms with Gasteiger partial charge in [-0.15, -0.1) is 0 Å². The Hall–Kier alpha value is -2.10. The Bertz CT molecular complexity index is 899. The predicted molar refractivity (Wildman–Crippen MR) is 98.4 cm³/mol. The van der Waals surface area contributed by atoms with Crippen molar-refractivity contribution in [1.29, 1.82) is 0 Å². The molecular weight excluding hydrogens is 334 g/mol. The lowest BCUT2D eigenvalue weighted by Crippen LogP contribution is -3.10. The molecule has 0 fully saturated rings. The summed E-state index contributed by atoms with van der Waals surface area (Å²) in [5, 5.41) is 0.677. The van der Waals surface area contributed by atoms with Gasteiger partial charge in [-0.25, -0.2) is 0 Å². The van der Waals surface area contributed by atoms with Crippen molar-refractivity contribution in [3.63, 3.8) is 0 Å². The summed E-state index contributed by atoms with van der Waals surface area (Å²) in [6.07, 6.45) is 0. The highest BCUT2D eigenvalue weighted by Crippen LogP contribution is 2.25.